The van der Waals surface area contributed by atoms with Crippen molar-refractivity contribution in [3.8, 4) is 5.75 Å². The highest BCUT2D eigenvalue weighted by molar-refractivity contribution is 5.55. The van der Waals surface area contributed by atoms with Crippen molar-refractivity contribution in [2.45, 2.75) is 12.3 Å². The molecule has 2 aromatic rings. The fourth-order valence-corrected chi connectivity index (χ4v) is 2.65. The van der Waals surface area contributed by atoms with Gasteiger partial charge in [0.1, 0.15) is 11.8 Å². The third kappa shape index (κ3) is 1.48. The number of para-hydroxylation sites is 2. The Hall–Kier alpha value is -2.26. The lowest BCUT2D eigenvalue weighted by Crippen LogP contribution is -2.21. The van der Waals surface area contributed by atoms with E-state index in [0.717, 1.165) is 22.6 Å². The third-order valence-electron chi connectivity index (χ3n) is 3.56. The van der Waals surface area contributed by atoms with Gasteiger partial charge in [-0.15, -0.1) is 0 Å². The average molecular weight is 251 g/mol. The van der Waals surface area contributed by atoms with Crippen LogP contribution in [0.1, 0.15) is 11.6 Å². The predicted molar refractivity (Wildman–Crippen MR) is 72.7 cm³/mol. The maximum Gasteiger partial charge on any atom is 0.248 e. The van der Waals surface area contributed by atoms with Crippen molar-refractivity contribution >= 4 is 5.69 Å². The molecule has 3 nitrogen and oxygen atoms in total. The molecule has 0 unspecified atom stereocenters. The second-order valence-corrected chi connectivity index (χ2v) is 4.73. The van der Waals surface area contributed by atoms with Crippen molar-refractivity contribution in [1.29, 1.82) is 0 Å². The van der Waals surface area contributed by atoms with E-state index in [9.17, 15) is 0 Å². The summed E-state index contributed by atoms with van der Waals surface area (Å²) in [5.74, 6) is 0.878. The monoisotopic (exact) mass is 251 g/mol. The molecule has 3 heteroatoms. The summed E-state index contributed by atoms with van der Waals surface area (Å²) in [6.45, 7) is 4.12. The van der Waals surface area contributed by atoms with Gasteiger partial charge in [-0.25, -0.2) is 9.90 Å². The van der Waals surface area contributed by atoms with Crippen LogP contribution in [-0.2, 0) is 4.84 Å². The highest BCUT2D eigenvalue weighted by Gasteiger charge is 2.45. The molecule has 0 spiro atoms. The van der Waals surface area contributed by atoms with E-state index >= 15 is 0 Å². The highest BCUT2D eigenvalue weighted by atomic mass is 16.8. The Morgan fingerprint density at radius 2 is 1.68 bits per heavy atom. The molecule has 1 fully saturated rings. The van der Waals surface area contributed by atoms with Gasteiger partial charge in [0.05, 0.1) is 5.69 Å². The van der Waals surface area contributed by atoms with Gasteiger partial charge in [0.15, 0.2) is 0 Å². The SMILES string of the molecule is C=C1[C@@H]2Oc3ccccc3[C@H]1N(c1ccccc1)O2. The number of hydrogen-bond acceptors (Lipinski definition) is 3. The maximum atomic E-state index is 5.88. The first-order valence-electron chi connectivity index (χ1n) is 6.30. The molecule has 1 saturated heterocycles. The van der Waals surface area contributed by atoms with Gasteiger partial charge in [0.2, 0.25) is 6.29 Å². The average Bonchev–Trinajstić information content (AvgIpc) is 2.69. The molecule has 2 heterocycles. The second-order valence-electron chi connectivity index (χ2n) is 4.73. The Morgan fingerprint density at radius 3 is 2.53 bits per heavy atom. The highest BCUT2D eigenvalue weighted by Crippen LogP contribution is 2.48. The summed E-state index contributed by atoms with van der Waals surface area (Å²) in [5, 5.41) is 1.89. The largest absolute Gasteiger partial charge is 0.458 e. The molecule has 4 rings (SSSR count). The van der Waals surface area contributed by atoms with Crippen LogP contribution in [0.2, 0.25) is 0 Å². The first-order chi connectivity index (χ1) is 9.34. The number of fused-ring (bicyclic) bond motifs is 4. The molecule has 2 aliphatic heterocycles. The topological polar surface area (TPSA) is 21.7 Å². The van der Waals surface area contributed by atoms with Crippen molar-refractivity contribution in [2.24, 2.45) is 0 Å². The number of hydrogen-bond donors (Lipinski definition) is 0. The van der Waals surface area contributed by atoms with E-state index in [4.69, 9.17) is 9.57 Å². The lowest BCUT2D eigenvalue weighted by atomic mass is 9.96. The van der Waals surface area contributed by atoms with Crippen LogP contribution >= 0.6 is 0 Å². The van der Waals surface area contributed by atoms with Crippen LogP contribution in [0.3, 0.4) is 0 Å². The first-order valence-corrected chi connectivity index (χ1v) is 6.30. The van der Waals surface area contributed by atoms with Gasteiger partial charge < -0.3 is 4.74 Å². The number of benzene rings is 2. The van der Waals surface area contributed by atoms with Crippen LogP contribution < -0.4 is 9.80 Å². The Bertz CT molecular complexity index is 638. The number of rotatable bonds is 1. The van der Waals surface area contributed by atoms with Gasteiger partial charge in [-0.05, 0) is 18.2 Å². The summed E-state index contributed by atoms with van der Waals surface area (Å²) in [6, 6.07) is 18.1. The molecule has 2 bridgehead atoms. The van der Waals surface area contributed by atoms with E-state index in [1.165, 1.54) is 0 Å². The van der Waals surface area contributed by atoms with E-state index in [1.54, 1.807) is 0 Å². The van der Waals surface area contributed by atoms with Crippen molar-refractivity contribution in [3.05, 3.63) is 72.3 Å². The Labute approximate surface area is 111 Å². The van der Waals surface area contributed by atoms with E-state index in [1.807, 2.05) is 53.6 Å². The fraction of sp³-hybridized carbons (Fsp3) is 0.125. The molecule has 2 atom stereocenters. The predicted octanol–water partition coefficient (Wildman–Crippen LogP) is 3.45. The Morgan fingerprint density at radius 1 is 0.947 bits per heavy atom. The quantitative estimate of drug-likeness (QED) is 0.724. The number of anilines is 1. The van der Waals surface area contributed by atoms with E-state index in [0.29, 0.717) is 0 Å². The molecule has 94 valence electrons. The molecule has 0 aliphatic carbocycles. The second kappa shape index (κ2) is 3.87. The lowest BCUT2D eigenvalue weighted by Gasteiger charge is -2.25. The summed E-state index contributed by atoms with van der Waals surface area (Å²) < 4.78 is 5.82. The zero-order valence-electron chi connectivity index (χ0n) is 10.3. The van der Waals surface area contributed by atoms with Crippen LogP contribution in [0.25, 0.3) is 0 Å². The van der Waals surface area contributed by atoms with Gasteiger partial charge >= 0.3 is 0 Å². The molecule has 0 radical (unpaired) electrons. The van der Waals surface area contributed by atoms with Gasteiger partial charge in [0, 0.05) is 11.1 Å². The maximum absolute atomic E-state index is 5.88. The van der Waals surface area contributed by atoms with Crippen LogP contribution in [0.15, 0.2) is 66.7 Å². The standard InChI is InChI=1S/C16H13NO2/c1-11-15-13-9-5-6-10-14(13)18-16(11)19-17(15)12-7-3-2-4-8-12/h2-10,15-16H,1H2/t15-,16+/m0/s1. The summed E-state index contributed by atoms with van der Waals surface area (Å²) in [6.07, 6.45) is -0.389. The first kappa shape index (κ1) is 10.6. The van der Waals surface area contributed by atoms with E-state index < -0.39 is 0 Å². The molecule has 19 heavy (non-hydrogen) atoms. The smallest absolute Gasteiger partial charge is 0.248 e. The van der Waals surface area contributed by atoms with Gasteiger partial charge in [-0.3, -0.25) is 0 Å². The summed E-state index contributed by atoms with van der Waals surface area (Å²) in [4.78, 5) is 5.88. The number of ether oxygens (including phenoxy) is 1. The van der Waals surface area contributed by atoms with Crippen LogP contribution in [-0.4, -0.2) is 6.29 Å². The van der Waals surface area contributed by atoms with E-state index in [-0.39, 0.29) is 12.3 Å². The van der Waals surface area contributed by atoms with Crippen molar-refractivity contribution in [1.82, 2.24) is 0 Å². The minimum atomic E-state index is -0.389. The Kier molecular flexibility index (Phi) is 2.17. The zero-order chi connectivity index (χ0) is 12.8. The Balaban J connectivity index is 1.84. The van der Waals surface area contributed by atoms with Crippen LogP contribution in [0.5, 0.6) is 5.75 Å². The lowest BCUT2D eigenvalue weighted by molar-refractivity contribution is -0.0311. The van der Waals surface area contributed by atoms with Gasteiger partial charge in [0.25, 0.3) is 0 Å². The minimum absolute atomic E-state index is 0.0253. The third-order valence-corrected chi connectivity index (χ3v) is 3.56. The normalized spacial score (nSPS) is 24.0. The summed E-state index contributed by atoms with van der Waals surface area (Å²) in [5.41, 5.74) is 3.06. The molecule has 2 aromatic carbocycles. The van der Waals surface area contributed by atoms with Crippen molar-refractivity contribution < 1.29 is 9.57 Å². The summed E-state index contributed by atoms with van der Waals surface area (Å²) in [7, 11) is 0. The van der Waals surface area contributed by atoms with Gasteiger partial charge in [-0.2, -0.15) is 0 Å². The fourth-order valence-electron chi connectivity index (χ4n) is 2.65. The molecule has 0 saturated carbocycles. The summed E-state index contributed by atoms with van der Waals surface area (Å²) >= 11 is 0. The van der Waals surface area contributed by atoms with Crippen LogP contribution in [0.4, 0.5) is 5.69 Å². The van der Waals surface area contributed by atoms with Crippen LogP contribution in [0, 0.1) is 0 Å². The molecule has 2 aliphatic rings. The van der Waals surface area contributed by atoms with Crippen molar-refractivity contribution in [3.63, 3.8) is 0 Å². The van der Waals surface area contributed by atoms with Crippen molar-refractivity contribution in [2.75, 3.05) is 5.06 Å². The minimum Gasteiger partial charge on any atom is -0.458 e. The van der Waals surface area contributed by atoms with Gasteiger partial charge in [-0.1, -0.05) is 43.0 Å². The molecular weight excluding hydrogens is 238 g/mol. The molecular formula is C16H13NO2. The molecule has 0 aromatic heterocycles. The number of nitrogens with zero attached hydrogens (tertiary/aromatic N) is 1. The molecule has 0 N–H and O–H groups in total. The number of hydroxylamine groups is 1. The zero-order valence-corrected chi connectivity index (χ0v) is 10.3. The van der Waals surface area contributed by atoms with E-state index in [2.05, 4.69) is 12.6 Å². The molecule has 0 amide bonds.